The van der Waals surface area contributed by atoms with E-state index in [1.54, 1.807) is 37.6 Å². The van der Waals surface area contributed by atoms with Gasteiger partial charge in [-0.15, -0.1) is 0 Å². The van der Waals surface area contributed by atoms with Crippen molar-refractivity contribution < 1.29 is 19.1 Å². The minimum absolute atomic E-state index is 0.126. The Morgan fingerprint density at radius 3 is 2.47 bits per heavy atom. The molecular weight excluding hydrogens is 380 g/mol. The third kappa shape index (κ3) is 5.38. The van der Waals surface area contributed by atoms with Gasteiger partial charge in [-0.3, -0.25) is 9.59 Å². The molecule has 154 valence electrons. The third-order valence-corrected chi connectivity index (χ3v) is 4.49. The second-order valence-electron chi connectivity index (χ2n) is 6.79. The smallest absolute Gasteiger partial charge is 0.248 e. The average Bonchev–Trinajstić information content (AvgIpc) is 2.73. The first-order chi connectivity index (χ1) is 14.5. The van der Waals surface area contributed by atoms with Crippen LogP contribution in [0, 0.1) is 0 Å². The molecule has 0 radical (unpaired) electrons. The zero-order valence-electron chi connectivity index (χ0n) is 17.2. The summed E-state index contributed by atoms with van der Waals surface area (Å²) in [4.78, 5) is 23.4. The molecule has 0 aromatic heterocycles. The van der Waals surface area contributed by atoms with Gasteiger partial charge in [-0.2, -0.15) is 0 Å². The van der Waals surface area contributed by atoms with Crippen molar-refractivity contribution in [3.8, 4) is 5.75 Å². The third-order valence-electron chi connectivity index (χ3n) is 4.49. The first-order valence-electron chi connectivity index (χ1n) is 9.50. The molecule has 0 saturated carbocycles. The summed E-state index contributed by atoms with van der Waals surface area (Å²) in [6.07, 6.45) is 6.91. The van der Waals surface area contributed by atoms with Crippen molar-refractivity contribution in [2.75, 3.05) is 24.4 Å². The Morgan fingerprint density at radius 1 is 1.07 bits per heavy atom. The molecule has 0 unspecified atom stereocenters. The van der Waals surface area contributed by atoms with E-state index >= 15 is 0 Å². The Labute approximate surface area is 175 Å². The van der Waals surface area contributed by atoms with E-state index < -0.39 is 0 Å². The van der Waals surface area contributed by atoms with Crippen LogP contribution in [0.2, 0.25) is 0 Å². The summed E-state index contributed by atoms with van der Waals surface area (Å²) in [5, 5.41) is 5.55. The van der Waals surface area contributed by atoms with Gasteiger partial charge in [0.05, 0.1) is 13.4 Å². The number of benzene rings is 2. The molecule has 6 heteroatoms. The summed E-state index contributed by atoms with van der Waals surface area (Å²) < 4.78 is 10.8. The predicted molar refractivity (Wildman–Crippen MR) is 119 cm³/mol. The van der Waals surface area contributed by atoms with Crippen molar-refractivity contribution in [1.82, 2.24) is 0 Å². The Bertz CT molecular complexity index is 1030. The molecule has 0 fully saturated rings. The second kappa shape index (κ2) is 9.60. The van der Waals surface area contributed by atoms with E-state index in [-0.39, 0.29) is 11.8 Å². The average molecular weight is 404 g/mol. The Balaban J connectivity index is 1.68. The Morgan fingerprint density at radius 2 is 1.80 bits per heavy atom. The fourth-order valence-electron chi connectivity index (χ4n) is 3.08. The number of allylic oxidation sites excluding steroid dienone is 2. The maximum atomic E-state index is 12.3. The van der Waals surface area contributed by atoms with Crippen molar-refractivity contribution >= 4 is 34.8 Å². The van der Waals surface area contributed by atoms with Gasteiger partial charge in [-0.25, -0.2) is 0 Å². The van der Waals surface area contributed by atoms with Gasteiger partial charge in [0.15, 0.2) is 0 Å². The second-order valence-corrected chi connectivity index (χ2v) is 6.79. The molecule has 2 aromatic carbocycles. The molecule has 0 saturated heterocycles. The predicted octanol–water partition coefficient (Wildman–Crippen LogP) is 4.62. The van der Waals surface area contributed by atoms with E-state index in [9.17, 15) is 9.59 Å². The Hall–Kier alpha value is -3.80. The van der Waals surface area contributed by atoms with Gasteiger partial charge in [0.25, 0.3) is 0 Å². The summed E-state index contributed by atoms with van der Waals surface area (Å²) in [5.74, 6) is 0.293. The van der Waals surface area contributed by atoms with Crippen LogP contribution in [0.5, 0.6) is 5.75 Å². The molecule has 0 atom stereocenters. The van der Waals surface area contributed by atoms with Crippen LogP contribution in [-0.2, 0) is 14.3 Å². The maximum Gasteiger partial charge on any atom is 0.248 e. The molecular formula is C24H24N2O4. The van der Waals surface area contributed by atoms with Gasteiger partial charge in [-0.1, -0.05) is 12.1 Å². The van der Waals surface area contributed by atoms with Gasteiger partial charge in [0, 0.05) is 36.0 Å². The molecule has 1 aliphatic rings. The zero-order chi connectivity index (χ0) is 21.5. The van der Waals surface area contributed by atoms with Crippen molar-refractivity contribution in [1.29, 1.82) is 0 Å². The van der Waals surface area contributed by atoms with E-state index in [1.165, 1.54) is 13.0 Å². The number of hydrogen-bond donors (Lipinski definition) is 2. The number of carbonyl (C=O) groups excluding carboxylic acids is 2. The van der Waals surface area contributed by atoms with Crippen LogP contribution in [0.1, 0.15) is 25.0 Å². The van der Waals surface area contributed by atoms with E-state index in [4.69, 9.17) is 9.47 Å². The molecule has 6 nitrogen and oxygen atoms in total. The monoisotopic (exact) mass is 404 g/mol. The van der Waals surface area contributed by atoms with Gasteiger partial charge < -0.3 is 20.1 Å². The molecule has 2 amide bonds. The van der Waals surface area contributed by atoms with Crippen LogP contribution in [0.3, 0.4) is 0 Å². The number of ether oxygens (including phenoxy) is 2. The quantitative estimate of drug-likeness (QED) is 0.689. The standard InChI is InChI=1S/C24H24N2O4/c1-16-15-30-13-12-21(16)22-10-9-20(14-23(22)29-3)26-24(28)11-6-18-4-7-19(8-5-18)25-17(2)27/h4-12,14-15H,13H2,1-3H3,(H,25,27)(H,26,28). The largest absolute Gasteiger partial charge is 0.497 e. The lowest BCUT2D eigenvalue weighted by atomic mass is 9.97. The van der Waals surface area contributed by atoms with Crippen molar-refractivity contribution in [2.45, 2.75) is 13.8 Å². The lowest BCUT2D eigenvalue weighted by Crippen LogP contribution is -2.08. The number of hydrogen-bond acceptors (Lipinski definition) is 4. The normalized spacial score (nSPS) is 13.2. The number of carbonyl (C=O) groups is 2. The minimum atomic E-state index is -0.253. The number of nitrogens with one attached hydrogen (secondary N) is 2. The number of methoxy groups -OCH3 is 1. The summed E-state index contributed by atoms with van der Waals surface area (Å²) in [7, 11) is 1.61. The molecule has 0 bridgehead atoms. The summed E-state index contributed by atoms with van der Waals surface area (Å²) in [5.41, 5.74) is 5.21. The van der Waals surface area contributed by atoms with Gasteiger partial charge in [-0.05, 0) is 60.1 Å². The van der Waals surface area contributed by atoms with Crippen LogP contribution in [0.15, 0.2) is 66.5 Å². The molecule has 2 N–H and O–H groups in total. The van der Waals surface area contributed by atoms with Crippen LogP contribution in [-0.4, -0.2) is 25.5 Å². The molecule has 1 aliphatic heterocycles. The highest BCUT2D eigenvalue weighted by Gasteiger charge is 2.14. The fraction of sp³-hybridized carbons (Fsp3) is 0.167. The lowest BCUT2D eigenvalue weighted by Gasteiger charge is -2.17. The highest BCUT2D eigenvalue weighted by Crippen LogP contribution is 2.34. The number of rotatable bonds is 6. The van der Waals surface area contributed by atoms with Crippen LogP contribution in [0.4, 0.5) is 11.4 Å². The molecule has 2 aromatic rings. The topological polar surface area (TPSA) is 76.7 Å². The van der Waals surface area contributed by atoms with Gasteiger partial charge in [0.1, 0.15) is 12.4 Å². The molecule has 1 heterocycles. The highest BCUT2D eigenvalue weighted by molar-refractivity contribution is 6.02. The number of amides is 2. The molecule has 0 spiro atoms. The summed E-state index contributed by atoms with van der Waals surface area (Å²) in [6, 6.07) is 12.8. The van der Waals surface area contributed by atoms with Crippen molar-refractivity contribution in [3.63, 3.8) is 0 Å². The van der Waals surface area contributed by atoms with Crippen LogP contribution >= 0.6 is 0 Å². The van der Waals surface area contributed by atoms with Crippen LogP contribution < -0.4 is 15.4 Å². The molecule has 30 heavy (non-hydrogen) atoms. The van der Waals surface area contributed by atoms with E-state index in [0.29, 0.717) is 23.7 Å². The fourth-order valence-corrected chi connectivity index (χ4v) is 3.08. The first kappa shape index (κ1) is 20.9. The first-order valence-corrected chi connectivity index (χ1v) is 9.50. The molecule has 3 rings (SSSR count). The SMILES string of the molecule is COc1cc(NC(=O)C=Cc2ccc(NC(C)=O)cc2)ccc1C1=CCOC=C1C. The minimum Gasteiger partial charge on any atom is -0.497 e. The molecule has 0 aliphatic carbocycles. The van der Waals surface area contributed by atoms with Gasteiger partial charge in [0.2, 0.25) is 11.8 Å². The zero-order valence-corrected chi connectivity index (χ0v) is 17.2. The maximum absolute atomic E-state index is 12.3. The number of anilines is 2. The summed E-state index contributed by atoms with van der Waals surface area (Å²) in [6.45, 7) is 3.95. The van der Waals surface area contributed by atoms with E-state index in [2.05, 4.69) is 10.6 Å². The van der Waals surface area contributed by atoms with E-state index in [1.807, 2.05) is 37.3 Å². The summed E-state index contributed by atoms with van der Waals surface area (Å²) >= 11 is 0. The van der Waals surface area contributed by atoms with Gasteiger partial charge >= 0.3 is 0 Å². The van der Waals surface area contributed by atoms with E-state index in [0.717, 1.165) is 22.3 Å². The van der Waals surface area contributed by atoms with Crippen molar-refractivity contribution in [2.24, 2.45) is 0 Å². The lowest BCUT2D eigenvalue weighted by molar-refractivity contribution is -0.114. The van der Waals surface area contributed by atoms with Crippen molar-refractivity contribution in [3.05, 3.63) is 77.6 Å². The highest BCUT2D eigenvalue weighted by atomic mass is 16.5. The van der Waals surface area contributed by atoms with Crippen LogP contribution in [0.25, 0.3) is 11.6 Å². The Kier molecular flexibility index (Phi) is 6.70.